The van der Waals surface area contributed by atoms with Gasteiger partial charge in [-0.1, -0.05) is 0 Å². The van der Waals surface area contributed by atoms with E-state index in [1.807, 2.05) is 0 Å². The number of ether oxygens (including phenoxy) is 1. The number of carbonyl (C=O) groups is 2. The molecular formula is C11H20N2O5S. The van der Waals surface area contributed by atoms with Gasteiger partial charge in [0.2, 0.25) is 15.9 Å². The number of hydrogen-bond acceptors (Lipinski definition) is 5. The summed E-state index contributed by atoms with van der Waals surface area (Å²) >= 11 is 0. The van der Waals surface area contributed by atoms with Crippen LogP contribution in [0.5, 0.6) is 0 Å². The van der Waals surface area contributed by atoms with E-state index in [0.29, 0.717) is 0 Å². The first kappa shape index (κ1) is 15.9. The molecule has 0 atom stereocenters. The van der Waals surface area contributed by atoms with E-state index in [-0.39, 0.29) is 37.1 Å². The molecule has 0 bridgehead atoms. The van der Waals surface area contributed by atoms with Crippen LogP contribution in [0, 0.1) is 0 Å². The van der Waals surface area contributed by atoms with E-state index in [9.17, 15) is 18.0 Å². The normalized spacial score (nSPS) is 15.3. The first-order valence-corrected chi connectivity index (χ1v) is 7.76. The molecule has 0 aromatic rings. The van der Waals surface area contributed by atoms with Crippen LogP contribution in [0.2, 0.25) is 0 Å². The van der Waals surface area contributed by atoms with Gasteiger partial charge < -0.3 is 10.1 Å². The van der Waals surface area contributed by atoms with E-state index < -0.39 is 16.0 Å². The molecule has 0 unspecified atom stereocenters. The van der Waals surface area contributed by atoms with Gasteiger partial charge in [-0.05, 0) is 19.3 Å². The van der Waals surface area contributed by atoms with Gasteiger partial charge in [-0.15, -0.1) is 0 Å². The largest absolute Gasteiger partial charge is 0.469 e. The van der Waals surface area contributed by atoms with Crippen LogP contribution in [-0.2, 0) is 24.3 Å². The number of rotatable bonds is 8. The van der Waals surface area contributed by atoms with E-state index in [2.05, 4.69) is 10.1 Å². The van der Waals surface area contributed by atoms with Crippen LogP contribution in [0.1, 0.15) is 25.7 Å². The van der Waals surface area contributed by atoms with Gasteiger partial charge in [-0.25, -0.2) is 8.42 Å². The third-order valence-electron chi connectivity index (χ3n) is 2.79. The summed E-state index contributed by atoms with van der Waals surface area (Å²) in [5.74, 6) is -0.902. The van der Waals surface area contributed by atoms with Gasteiger partial charge in [0, 0.05) is 19.5 Å². The maximum Gasteiger partial charge on any atom is 0.305 e. The lowest BCUT2D eigenvalue weighted by Crippen LogP contribution is -2.40. The third kappa shape index (κ3) is 6.02. The van der Waals surface area contributed by atoms with E-state index >= 15 is 0 Å². The van der Waals surface area contributed by atoms with Crippen molar-refractivity contribution in [1.29, 1.82) is 0 Å². The molecule has 0 radical (unpaired) electrons. The lowest BCUT2D eigenvalue weighted by molar-refractivity contribution is -0.140. The molecule has 1 amide bonds. The zero-order valence-corrected chi connectivity index (χ0v) is 12.0. The average molecular weight is 292 g/mol. The molecule has 1 aliphatic carbocycles. The molecule has 1 rings (SSSR count). The van der Waals surface area contributed by atoms with Crippen molar-refractivity contribution < 1.29 is 22.7 Å². The summed E-state index contributed by atoms with van der Waals surface area (Å²) in [4.78, 5) is 22.4. The van der Waals surface area contributed by atoms with Crippen LogP contribution >= 0.6 is 0 Å². The Kier molecular flexibility index (Phi) is 5.74. The second-order valence-electron chi connectivity index (χ2n) is 4.59. The Morgan fingerprint density at radius 2 is 2.00 bits per heavy atom. The smallest absolute Gasteiger partial charge is 0.305 e. The zero-order chi connectivity index (χ0) is 14.5. The highest BCUT2D eigenvalue weighted by atomic mass is 32.2. The van der Waals surface area contributed by atoms with Crippen molar-refractivity contribution in [3.05, 3.63) is 0 Å². The topological polar surface area (TPSA) is 92.8 Å². The molecule has 1 fully saturated rings. The molecule has 0 aromatic heterocycles. The van der Waals surface area contributed by atoms with Crippen molar-refractivity contribution >= 4 is 21.9 Å². The number of nitrogens with one attached hydrogen (secondary N) is 1. The number of likely N-dealkylation sites (N-methyl/N-ethyl adjacent to an activating group) is 1. The lowest BCUT2D eigenvalue weighted by Gasteiger charge is -2.16. The number of amides is 1. The summed E-state index contributed by atoms with van der Waals surface area (Å²) in [5, 5.41) is 2.72. The molecule has 0 aromatic carbocycles. The van der Waals surface area contributed by atoms with Gasteiger partial charge in [0.05, 0.1) is 19.4 Å². The summed E-state index contributed by atoms with van der Waals surface area (Å²) < 4.78 is 29.1. The SMILES string of the molecule is COC(=O)CCCS(=O)(=O)N(C)CC(=O)NC1CC1. The number of carbonyl (C=O) groups excluding carboxylic acids is 2. The second-order valence-corrected chi connectivity index (χ2v) is 6.79. The summed E-state index contributed by atoms with van der Waals surface area (Å²) in [6, 6.07) is 0.211. The number of methoxy groups -OCH3 is 1. The van der Waals surface area contributed by atoms with Crippen LogP contribution in [0.15, 0.2) is 0 Å². The molecule has 110 valence electrons. The Hall–Kier alpha value is -1.15. The third-order valence-corrected chi connectivity index (χ3v) is 4.68. The zero-order valence-electron chi connectivity index (χ0n) is 11.2. The van der Waals surface area contributed by atoms with E-state index in [4.69, 9.17) is 0 Å². The second kappa shape index (κ2) is 6.85. The number of hydrogen-bond donors (Lipinski definition) is 1. The lowest BCUT2D eigenvalue weighted by atomic mass is 10.3. The van der Waals surface area contributed by atoms with Crippen LogP contribution in [0.3, 0.4) is 0 Å². The first-order chi connectivity index (χ1) is 8.85. The fourth-order valence-corrected chi connectivity index (χ4v) is 2.59. The minimum Gasteiger partial charge on any atom is -0.469 e. The molecule has 1 N–H and O–H groups in total. The molecule has 0 spiro atoms. The summed E-state index contributed by atoms with van der Waals surface area (Å²) in [7, 11) is -0.894. The molecule has 1 saturated carbocycles. The molecule has 19 heavy (non-hydrogen) atoms. The van der Waals surface area contributed by atoms with E-state index in [0.717, 1.165) is 17.1 Å². The molecule has 0 aliphatic heterocycles. The van der Waals surface area contributed by atoms with Crippen molar-refractivity contribution in [3.8, 4) is 0 Å². The minimum absolute atomic E-state index is 0.0534. The summed E-state index contributed by atoms with van der Waals surface area (Å²) in [5.41, 5.74) is 0. The van der Waals surface area contributed by atoms with Gasteiger partial charge >= 0.3 is 5.97 Å². The monoisotopic (exact) mass is 292 g/mol. The highest BCUT2D eigenvalue weighted by Gasteiger charge is 2.26. The van der Waals surface area contributed by atoms with Crippen LogP contribution in [-0.4, -0.2) is 57.1 Å². The van der Waals surface area contributed by atoms with Crippen molar-refractivity contribution in [2.24, 2.45) is 0 Å². The van der Waals surface area contributed by atoms with Gasteiger partial charge in [0.25, 0.3) is 0 Å². The molecule has 0 saturated heterocycles. The summed E-state index contributed by atoms with van der Waals surface area (Å²) in [6.45, 7) is -0.183. The Morgan fingerprint density at radius 3 is 2.53 bits per heavy atom. The fourth-order valence-electron chi connectivity index (χ4n) is 1.46. The van der Waals surface area contributed by atoms with Crippen LogP contribution < -0.4 is 5.32 Å². The van der Waals surface area contributed by atoms with Gasteiger partial charge in [-0.2, -0.15) is 4.31 Å². The molecular weight excluding hydrogens is 272 g/mol. The maximum absolute atomic E-state index is 11.8. The fraction of sp³-hybridized carbons (Fsp3) is 0.818. The standard InChI is InChI=1S/C11H20N2O5S/c1-13(8-10(14)12-9-5-6-9)19(16,17)7-3-4-11(15)18-2/h9H,3-8H2,1-2H3,(H,12,14). The summed E-state index contributed by atoms with van der Waals surface area (Å²) in [6.07, 6.45) is 2.16. The number of sulfonamides is 1. The molecule has 0 heterocycles. The van der Waals surface area contributed by atoms with Crippen LogP contribution in [0.25, 0.3) is 0 Å². The average Bonchev–Trinajstić information content (AvgIpc) is 3.12. The molecule has 1 aliphatic rings. The Morgan fingerprint density at radius 1 is 1.37 bits per heavy atom. The predicted molar refractivity (Wildman–Crippen MR) is 68.8 cm³/mol. The van der Waals surface area contributed by atoms with Gasteiger partial charge in [0.1, 0.15) is 0 Å². The first-order valence-electron chi connectivity index (χ1n) is 6.15. The van der Waals surface area contributed by atoms with E-state index in [1.165, 1.54) is 14.2 Å². The van der Waals surface area contributed by atoms with Gasteiger partial charge in [0.15, 0.2) is 0 Å². The quantitative estimate of drug-likeness (QED) is 0.608. The number of esters is 1. The molecule has 7 nitrogen and oxygen atoms in total. The Balaban J connectivity index is 2.33. The van der Waals surface area contributed by atoms with Crippen molar-refractivity contribution in [2.45, 2.75) is 31.7 Å². The predicted octanol–water partition coefficient (Wildman–Crippen LogP) is -0.520. The Labute approximate surface area is 113 Å². The van der Waals surface area contributed by atoms with Crippen molar-refractivity contribution in [2.75, 3.05) is 26.5 Å². The maximum atomic E-state index is 11.8. The van der Waals surface area contributed by atoms with E-state index in [1.54, 1.807) is 0 Å². The van der Waals surface area contributed by atoms with Crippen molar-refractivity contribution in [3.63, 3.8) is 0 Å². The molecule has 8 heteroatoms. The Bertz CT molecular complexity index is 430. The highest BCUT2D eigenvalue weighted by molar-refractivity contribution is 7.89. The van der Waals surface area contributed by atoms with Crippen molar-refractivity contribution in [1.82, 2.24) is 9.62 Å². The number of nitrogens with zero attached hydrogens (tertiary/aromatic N) is 1. The minimum atomic E-state index is -3.51. The van der Waals surface area contributed by atoms with Gasteiger partial charge in [-0.3, -0.25) is 9.59 Å². The van der Waals surface area contributed by atoms with Crippen LogP contribution in [0.4, 0.5) is 0 Å². The highest BCUT2D eigenvalue weighted by Crippen LogP contribution is 2.18.